The summed E-state index contributed by atoms with van der Waals surface area (Å²) >= 11 is 0. The maximum absolute atomic E-state index is 4.66. The Labute approximate surface area is 110 Å². The van der Waals surface area contributed by atoms with E-state index in [0.717, 1.165) is 18.2 Å². The van der Waals surface area contributed by atoms with Gasteiger partial charge in [0.25, 0.3) is 0 Å². The molecule has 0 bridgehead atoms. The van der Waals surface area contributed by atoms with Crippen LogP contribution in [0.4, 0.5) is 5.95 Å². The molecule has 0 aromatic carbocycles. The third-order valence-electron chi connectivity index (χ3n) is 3.41. The molecule has 1 aromatic heterocycles. The van der Waals surface area contributed by atoms with Crippen LogP contribution in [0.2, 0.25) is 0 Å². The van der Waals surface area contributed by atoms with Crippen molar-refractivity contribution >= 4 is 5.95 Å². The predicted octanol–water partition coefficient (Wildman–Crippen LogP) is 2.41. The number of anilines is 1. The highest BCUT2D eigenvalue weighted by Gasteiger charge is 2.22. The lowest BCUT2D eigenvalue weighted by Gasteiger charge is -2.25. The molecule has 0 aliphatic heterocycles. The lowest BCUT2D eigenvalue weighted by molar-refractivity contribution is 0.390. The molecule has 2 rings (SSSR count). The van der Waals surface area contributed by atoms with Crippen LogP contribution in [-0.4, -0.2) is 41.5 Å². The zero-order valence-corrected chi connectivity index (χ0v) is 11.9. The number of nitrogens with zero attached hydrogens (tertiary/aromatic N) is 3. The third-order valence-corrected chi connectivity index (χ3v) is 3.41. The quantitative estimate of drug-likeness (QED) is 0.869. The number of likely N-dealkylation sites (N-methyl/N-ethyl adjacent to an activating group) is 1. The van der Waals surface area contributed by atoms with Gasteiger partial charge < -0.3 is 10.2 Å². The first-order chi connectivity index (χ1) is 8.54. The van der Waals surface area contributed by atoms with Crippen LogP contribution in [-0.2, 0) is 0 Å². The van der Waals surface area contributed by atoms with E-state index in [0.29, 0.717) is 12.0 Å². The maximum atomic E-state index is 4.66. The van der Waals surface area contributed by atoms with Gasteiger partial charge in [-0.25, -0.2) is 9.97 Å². The summed E-state index contributed by atoms with van der Waals surface area (Å²) in [5.74, 6) is 1.45. The number of rotatable bonds is 5. The van der Waals surface area contributed by atoms with E-state index in [1.165, 1.54) is 25.0 Å². The van der Waals surface area contributed by atoms with Gasteiger partial charge in [-0.1, -0.05) is 6.42 Å². The second-order valence-electron chi connectivity index (χ2n) is 5.69. The van der Waals surface area contributed by atoms with Gasteiger partial charge in [0.05, 0.1) is 0 Å². The Morgan fingerprint density at radius 3 is 2.67 bits per heavy atom. The van der Waals surface area contributed by atoms with Crippen LogP contribution in [0, 0.1) is 6.92 Å². The minimum Gasteiger partial charge on any atom is -0.350 e. The molecule has 0 radical (unpaired) electrons. The molecular formula is C14H24N4. The molecule has 1 heterocycles. The van der Waals surface area contributed by atoms with E-state index in [1.807, 2.05) is 6.92 Å². The lowest BCUT2D eigenvalue weighted by Crippen LogP contribution is -2.30. The Balaban J connectivity index is 2.05. The van der Waals surface area contributed by atoms with Crippen molar-refractivity contribution < 1.29 is 0 Å². The SMILES string of the molecule is Cc1cc(C2CCC2)nc(NC(C)CN(C)C)n1. The molecule has 1 fully saturated rings. The molecular weight excluding hydrogens is 224 g/mol. The summed E-state index contributed by atoms with van der Waals surface area (Å²) in [5.41, 5.74) is 2.28. The van der Waals surface area contributed by atoms with Gasteiger partial charge in [0.1, 0.15) is 0 Å². The first-order valence-corrected chi connectivity index (χ1v) is 6.81. The largest absolute Gasteiger partial charge is 0.350 e. The minimum absolute atomic E-state index is 0.357. The first kappa shape index (κ1) is 13.3. The van der Waals surface area contributed by atoms with Gasteiger partial charge in [-0.15, -0.1) is 0 Å². The Morgan fingerprint density at radius 1 is 1.39 bits per heavy atom. The van der Waals surface area contributed by atoms with E-state index in [1.54, 1.807) is 0 Å². The highest BCUT2D eigenvalue weighted by molar-refractivity contribution is 5.31. The van der Waals surface area contributed by atoms with Crippen molar-refractivity contribution in [2.24, 2.45) is 0 Å². The van der Waals surface area contributed by atoms with Gasteiger partial charge in [-0.3, -0.25) is 0 Å². The molecule has 0 saturated heterocycles. The van der Waals surface area contributed by atoms with E-state index < -0.39 is 0 Å². The van der Waals surface area contributed by atoms with Crippen LogP contribution in [0.1, 0.15) is 43.5 Å². The fourth-order valence-electron chi connectivity index (χ4n) is 2.38. The molecule has 1 aromatic rings. The van der Waals surface area contributed by atoms with Crippen molar-refractivity contribution in [3.8, 4) is 0 Å². The fraction of sp³-hybridized carbons (Fsp3) is 0.714. The molecule has 1 aliphatic rings. The molecule has 0 spiro atoms. The van der Waals surface area contributed by atoms with Crippen molar-refractivity contribution in [1.29, 1.82) is 0 Å². The van der Waals surface area contributed by atoms with Crippen LogP contribution in [0.15, 0.2) is 6.07 Å². The summed E-state index contributed by atoms with van der Waals surface area (Å²) in [4.78, 5) is 11.3. The molecule has 18 heavy (non-hydrogen) atoms. The van der Waals surface area contributed by atoms with Crippen molar-refractivity contribution in [3.63, 3.8) is 0 Å². The van der Waals surface area contributed by atoms with Crippen LogP contribution >= 0.6 is 0 Å². The molecule has 1 unspecified atom stereocenters. The number of aryl methyl sites for hydroxylation is 1. The average molecular weight is 248 g/mol. The zero-order valence-electron chi connectivity index (χ0n) is 11.9. The van der Waals surface area contributed by atoms with E-state index in [2.05, 4.69) is 47.3 Å². The molecule has 1 saturated carbocycles. The van der Waals surface area contributed by atoms with Crippen molar-refractivity contribution in [2.45, 2.75) is 45.1 Å². The highest BCUT2D eigenvalue weighted by Crippen LogP contribution is 2.35. The number of hydrogen-bond donors (Lipinski definition) is 1. The number of aromatic nitrogens is 2. The third kappa shape index (κ3) is 3.42. The molecule has 4 nitrogen and oxygen atoms in total. The molecule has 4 heteroatoms. The standard InChI is InChI=1S/C14H24N4/c1-10-8-13(12-6-5-7-12)17-14(15-10)16-11(2)9-18(3)4/h8,11-12H,5-7,9H2,1-4H3,(H,15,16,17). The van der Waals surface area contributed by atoms with Gasteiger partial charge in [0, 0.05) is 29.9 Å². The Morgan fingerprint density at radius 2 is 2.11 bits per heavy atom. The first-order valence-electron chi connectivity index (χ1n) is 6.81. The van der Waals surface area contributed by atoms with Crippen molar-refractivity contribution in [2.75, 3.05) is 26.0 Å². The summed E-state index contributed by atoms with van der Waals surface area (Å²) in [6.07, 6.45) is 3.90. The van der Waals surface area contributed by atoms with Crippen LogP contribution in [0.25, 0.3) is 0 Å². The summed E-state index contributed by atoms with van der Waals surface area (Å²) in [5, 5.41) is 3.39. The summed E-state index contributed by atoms with van der Waals surface area (Å²) in [6.45, 7) is 5.19. The van der Waals surface area contributed by atoms with Crippen molar-refractivity contribution in [1.82, 2.24) is 14.9 Å². The summed E-state index contributed by atoms with van der Waals surface area (Å²) in [7, 11) is 4.16. The van der Waals surface area contributed by atoms with E-state index in [4.69, 9.17) is 0 Å². The topological polar surface area (TPSA) is 41.1 Å². The normalized spacial score (nSPS) is 17.6. The zero-order chi connectivity index (χ0) is 13.1. The molecule has 1 aliphatic carbocycles. The molecule has 1 N–H and O–H groups in total. The smallest absolute Gasteiger partial charge is 0.223 e. The molecule has 0 amide bonds. The maximum Gasteiger partial charge on any atom is 0.223 e. The minimum atomic E-state index is 0.357. The highest BCUT2D eigenvalue weighted by atomic mass is 15.2. The Hall–Kier alpha value is -1.16. The van der Waals surface area contributed by atoms with Gasteiger partial charge in [0.15, 0.2) is 0 Å². The second kappa shape index (κ2) is 5.65. The van der Waals surface area contributed by atoms with Crippen LogP contribution < -0.4 is 5.32 Å². The average Bonchev–Trinajstić information content (AvgIpc) is 2.11. The van der Waals surface area contributed by atoms with Gasteiger partial charge in [0.2, 0.25) is 5.95 Å². The van der Waals surface area contributed by atoms with E-state index >= 15 is 0 Å². The molecule has 100 valence electrons. The van der Waals surface area contributed by atoms with Gasteiger partial charge in [-0.05, 0) is 46.9 Å². The Kier molecular flexibility index (Phi) is 4.17. The number of hydrogen-bond acceptors (Lipinski definition) is 4. The summed E-state index contributed by atoms with van der Waals surface area (Å²) in [6, 6.07) is 2.49. The van der Waals surface area contributed by atoms with Crippen LogP contribution in [0.3, 0.4) is 0 Å². The van der Waals surface area contributed by atoms with Crippen molar-refractivity contribution in [3.05, 3.63) is 17.5 Å². The van der Waals surface area contributed by atoms with Crippen LogP contribution in [0.5, 0.6) is 0 Å². The molecule has 1 atom stereocenters. The van der Waals surface area contributed by atoms with E-state index in [9.17, 15) is 0 Å². The predicted molar refractivity (Wildman–Crippen MR) is 75.0 cm³/mol. The lowest BCUT2D eigenvalue weighted by atomic mass is 9.83. The monoisotopic (exact) mass is 248 g/mol. The Bertz CT molecular complexity index is 399. The second-order valence-corrected chi connectivity index (χ2v) is 5.69. The fourth-order valence-corrected chi connectivity index (χ4v) is 2.38. The van der Waals surface area contributed by atoms with Gasteiger partial charge >= 0.3 is 0 Å². The summed E-state index contributed by atoms with van der Waals surface area (Å²) < 4.78 is 0. The van der Waals surface area contributed by atoms with Gasteiger partial charge in [-0.2, -0.15) is 0 Å². The van der Waals surface area contributed by atoms with E-state index in [-0.39, 0.29) is 0 Å². The number of nitrogens with one attached hydrogen (secondary N) is 1.